The Morgan fingerprint density at radius 2 is 1.29 bits per heavy atom. The number of carbonyl (C=O) groups excluding carboxylic acids is 1. The van der Waals surface area contributed by atoms with Gasteiger partial charge >= 0.3 is 16.4 Å². The van der Waals surface area contributed by atoms with Gasteiger partial charge in [-0.1, -0.05) is 116 Å². The van der Waals surface area contributed by atoms with Crippen LogP contribution in [0.1, 0.15) is 149 Å². The highest BCUT2D eigenvalue weighted by Crippen LogP contribution is 2.12. The highest BCUT2D eigenvalue weighted by Gasteiger charge is 2.17. The van der Waals surface area contributed by atoms with E-state index >= 15 is 0 Å². The maximum atomic E-state index is 11.8. The zero-order valence-electron chi connectivity index (χ0n) is 22.7. The van der Waals surface area contributed by atoms with Crippen LogP contribution in [0.15, 0.2) is 12.2 Å². The summed E-state index contributed by atoms with van der Waals surface area (Å²) in [7, 11) is -4.24. The van der Waals surface area contributed by atoms with Crippen molar-refractivity contribution in [2.45, 2.75) is 155 Å². The lowest BCUT2D eigenvalue weighted by Crippen LogP contribution is -2.16. The first-order valence-corrected chi connectivity index (χ1v) is 15.7. The summed E-state index contributed by atoms with van der Waals surface area (Å²) in [5, 5.41) is 9.93. The number of aliphatic hydroxyl groups is 1. The number of allylic oxidation sites excluding steroid dienone is 1. The van der Waals surface area contributed by atoms with Crippen molar-refractivity contribution in [3.63, 3.8) is 0 Å². The van der Waals surface area contributed by atoms with Crippen molar-refractivity contribution >= 4 is 16.4 Å². The van der Waals surface area contributed by atoms with Gasteiger partial charge < -0.3 is 9.29 Å². The summed E-state index contributed by atoms with van der Waals surface area (Å²) in [6, 6.07) is 0. The van der Waals surface area contributed by atoms with Gasteiger partial charge in [-0.15, -0.1) is 0 Å². The predicted octanol–water partition coefficient (Wildman–Crippen LogP) is 7.94. The molecule has 0 saturated carbocycles. The topological polar surface area (TPSA) is 89.9 Å². The van der Waals surface area contributed by atoms with Gasteiger partial charge in [0.25, 0.3) is 0 Å². The van der Waals surface area contributed by atoms with Gasteiger partial charge in [-0.2, -0.15) is 8.42 Å². The van der Waals surface area contributed by atoms with Crippen molar-refractivity contribution in [1.82, 2.24) is 0 Å². The second-order valence-electron chi connectivity index (χ2n) is 9.68. The molecule has 0 aromatic rings. The van der Waals surface area contributed by atoms with Gasteiger partial charge in [-0.25, -0.2) is 4.18 Å². The Kier molecular flexibility index (Phi) is 24.1. The minimum atomic E-state index is -4.24. The van der Waals surface area contributed by atoms with Crippen molar-refractivity contribution in [3.8, 4) is 0 Å². The van der Waals surface area contributed by atoms with E-state index < -0.39 is 16.4 Å². The quantitative estimate of drug-likeness (QED) is 0.0923. The zero-order chi connectivity index (χ0) is 26.0. The first-order chi connectivity index (χ1) is 16.9. The summed E-state index contributed by atoms with van der Waals surface area (Å²) >= 11 is 0. The Labute approximate surface area is 216 Å². The Morgan fingerprint density at radius 3 is 1.94 bits per heavy atom. The number of rotatable bonds is 26. The van der Waals surface area contributed by atoms with Crippen molar-refractivity contribution in [2.75, 3.05) is 6.61 Å². The fraction of sp³-hybridized carbons (Fsp3) is 0.893. The van der Waals surface area contributed by atoms with Gasteiger partial charge in [0.2, 0.25) is 0 Å². The summed E-state index contributed by atoms with van der Waals surface area (Å²) in [4.78, 5) is 11.8. The van der Waals surface area contributed by atoms with E-state index in [1.54, 1.807) is 0 Å². The molecule has 0 aromatic heterocycles. The van der Waals surface area contributed by atoms with E-state index in [-0.39, 0.29) is 19.1 Å². The molecular weight excluding hydrogens is 464 g/mol. The van der Waals surface area contributed by atoms with Crippen LogP contribution in [0.5, 0.6) is 0 Å². The SMILES string of the molecule is CCCCCCCCCCOS(=O)(=O)OC(=O)CCCCCCC/C=C\C[C@H](O)CCCCCC. The van der Waals surface area contributed by atoms with E-state index in [9.17, 15) is 18.3 Å². The molecule has 1 atom stereocenters. The van der Waals surface area contributed by atoms with Crippen LogP contribution in [-0.4, -0.2) is 32.2 Å². The van der Waals surface area contributed by atoms with E-state index in [0.717, 1.165) is 64.2 Å². The molecular formula is C28H54O6S. The molecule has 1 N–H and O–H groups in total. The summed E-state index contributed by atoms with van der Waals surface area (Å²) in [6.07, 6.45) is 25.0. The first-order valence-electron chi connectivity index (χ1n) is 14.4. The van der Waals surface area contributed by atoms with Crippen LogP contribution < -0.4 is 0 Å². The lowest BCUT2D eigenvalue weighted by atomic mass is 10.1. The Bertz CT molecular complexity index is 603. The molecule has 0 unspecified atom stereocenters. The van der Waals surface area contributed by atoms with E-state index in [1.807, 2.05) is 0 Å². The maximum absolute atomic E-state index is 11.8. The highest BCUT2D eigenvalue weighted by atomic mass is 32.3. The van der Waals surface area contributed by atoms with Crippen LogP contribution in [0.3, 0.4) is 0 Å². The molecule has 0 aromatic carbocycles. The lowest BCUT2D eigenvalue weighted by Gasteiger charge is -2.07. The molecule has 0 saturated heterocycles. The standard InChI is InChI=1S/C28H54O6S/c1-3-5-7-9-10-15-18-22-26-33-35(31,32)34-28(30)25-21-17-14-12-11-13-16-20-24-27(29)23-19-8-6-4-2/h16,20,27,29H,3-15,17-19,21-26H2,1-2H3/b20-16-/t27-/m1/s1. The lowest BCUT2D eigenvalue weighted by molar-refractivity contribution is -0.134. The van der Waals surface area contributed by atoms with Crippen molar-refractivity contribution < 1.29 is 26.7 Å². The van der Waals surface area contributed by atoms with Gasteiger partial charge in [-0.05, 0) is 38.5 Å². The average molecular weight is 519 g/mol. The number of carbonyl (C=O) groups is 1. The second-order valence-corrected chi connectivity index (χ2v) is 10.9. The van der Waals surface area contributed by atoms with Gasteiger partial charge in [0.15, 0.2) is 0 Å². The van der Waals surface area contributed by atoms with Gasteiger partial charge in [0.05, 0.1) is 12.7 Å². The summed E-state index contributed by atoms with van der Waals surface area (Å²) in [5.74, 6) is -0.739. The number of hydrogen-bond donors (Lipinski definition) is 1. The third-order valence-corrected chi connectivity index (χ3v) is 6.98. The predicted molar refractivity (Wildman–Crippen MR) is 144 cm³/mol. The van der Waals surface area contributed by atoms with Crippen molar-refractivity contribution in [1.29, 1.82) is 0 Å². The Hall–Kier alpha value is -0.920. The molecule has 0 rings (SSSR count). The fourth-order valence-corrected chi connectivity index (χ4v) is 4.62. The molecule has 0 heterocycles. The maximum Gasteiger partial charge on any atom is 0.451 e. The minimum Gasteiger partial charge on any atom is -0.393 e. The molecule has 0 fully saturated rings. The molecule has 0 spiro atoms. The van der Waals surface area contributed by atoms with Gasteiger partial charge in [-0.3, -0.25) is 4.79 Å². The van der Waals surface area contributed by atoms with E-state index in [4.69, 9.17) is 4.18 Å². The smallest absolute Gasteiger partial charge is 0.393 e. The largest absolute Gasteiger partial charge is 0.451 e. The minimum absolute atomic E-state index is 0.0664. The van der Waals surface area contributed by atoms with Crippen LogP contribution in [0.2, 0.25) is 0 Å². The molecule has 208 valence electrons. The van der Waals surface area contributed by atoms with E-state index in [2.05, 4.69) is 30.2 Å². The third kappa shape index (κ3) is 26.0. The van der Waals surface area contributed by atoms with E-state index in [0.29, 0.717) is 12.8 Å². The van der Waals surface area contributed by atoms with Crippen molar-refractivity contribution in [2.24, 2.45) is 0 Å². The third-order valence-electron chi connectivity index (χ3n) is 6.14. The Balaban J connectivity index is 3.58. The normalized spacial score (nSPS) is 12.9. The number of unbranched alkanes of at least 4 members (excludes halogenated alkanes) is 15. The van der Waals surface area contributed by atoms with Crippen LogP contribution in [0.4, 0.5) is 0 Å². The molecule has 0 amide bonds. The van der Waals surface area contributed by atoms with Crippen LogP contribution in [0, 0.1) is 0 Å². The molecule has 0 bridgehead atoms. The fourth-order valence-electron chi connectivity index (χ4n) is 3.93. The van der Waals surface area contributed by atoms with Crippen molar-refractivity contribution in [3.05, 3.63) is 12.2 Å². The molecule has 7 heteroatoms. The number of aliphatic hydroxyl groups excluding tert-OH is 1. The summed E-state index contributed by atoms with van der Waals surface area (Å²) in [5.41, 5.74) is 0. The summed E-state index contributed by atoms with van der Waals surface area (Å²) < 4.78 is 32.8. The molecule has 0 aliphatic rings. The molecule has 0 aliphatic heterocycles. The van der Waals surface area contributed by atoms with E-state index in [1.165, 1.54) is 51.4 Å². The second kappa shape index (κ2) is 24.8. The molecule has 0 aliphatic carbocycles. The van der Waals surface area contributed by atoms with Crippen LogP contribution in [-0.2, 0) is 23.6 Å². The molecule has 6 nitrogen and oxygen atoms in total. The molecule has 0 radical (unpaired) electrons. The number of hydrogen-bond acceptors (Lipinski definition) is 6. The monoisotopic (exact) mass is 518 g/mol. The zero-order valence-corrected chi connectivity index (χ0v) is 23.5. The average Bonchev–Trinajstić information content (AvgIpc) is 2.81. The molecule has 35 heavy (non-hydrogen) atoms. The van der Waals surface area contributed by atoms with Gasteiger partial charge in [0.1, 0.15) is 0 Å². The first kappa shape index (κ1) is 34.1. The van der Waals surface area contributed by atoms with Crippen LogP contribution in [0.25, 0.3) is 0 Å². The highest BCUT2D eigenvalue weighted by molar-refractivity contribution is 7.82. The Morgan fingerprint density at radius 1 is 0.743 bits per heavy atom. The van der Waals surface area contributed by atoms with Crippen LogP contribution >= 0.6 is 0 Å². The summed E-state index contributed by atoms with van der Waals surface area (Å²) in [6.45, 7) is 4.45. The van der Waals surface area contributed by atoms with Gasteiger partial charge in [0, 0.05) is 6.42 Å².